The van der Waals surface area contributed by atoms with Gasteiger partial charge in [0.1, 0.15) is 0 Å². The third-order valence-electron chi connectivity index (χ3n) is 3.28. The summed E-state index contributed by atoms with van der Waals surface area (Å²) in [4.78, 5) is 21.8. The topological polar surface area (TPSA) is 68.9 Å². The Kier molecular flexibility index (Phi) is 2.63. The van der Waals surface area contributed by atoms with Crippen molar-refractivity contribution in [2.24, 2.45) is 0 Å². The maximum absolute atomic E-state index is 12.2. The second-order valence-corrected chi connectivity index (χ2v) is 5.51. The van der Waals surface area contributed by atoms with Crippen LogP contribution in [0.5, 0.6) is 0 Å². The van der Waals surface area contributed by atoms with Crippen LogP contribution in [-0.4, -0.2) is 15.8 Å². The first-order chi connectivity index (χ1) is 8.65. The summed E-state index contributed by atoms with van der Waals surface area (Å²) < 4.78 is 0. The molecule has 0 aromatic carbocycles. The highest BCUT2D eigenvalue weighted by atomic mass is 32.1. The molecule has 0 fully saturated rings. The zero-order chi connectivity index (χ0) is 12.7. The van der Waals surface area contributed by atoms with Gasteiger partial charge in [-0.25, -0.2) is 9.97 Å². The molecular weight excluding hydrogens is 246 g/mol. The van der Waals surface area contributed by atoms with Crippen LogP contribution < -0.4 is 5.73 Å². The molecule has 0 spiro atoms. The summed E-state index contributed by atoms with van der Waals surface area (Å²) in [6.45, 7) is 1.82. The van der Waals surface area contributed by atoms with Crippen LogP contribution in [0.4, 0.5) is 5.95 Å². The van der Waals surface area contributed by atoms with Crippen molar-refractivity contribution in [2.75, 3.05) is 5.73 Å². The molecule has 0 saturated heterocycles. The molecule has 1 aliphatic rings. The van der Waals surface area contributed by atoms with Crippen molar-refractivity contribution in [1.29, 1.82) is 0 Å². The van der Waals surface area contributed by atoms with Crippen LogP contribution in [0.2, 0.25) is 0 Å². The Morgan fingerprint density at radius 2 is 2.22 bits per heavy atom. The number of ketones is 1. The number of thiophene rings is 1. The van der Waals surface area contributed by atoms with E-state index < -0.39 is 0 Å². The van der Waals surface area contributed by atoms with Crippen LogP contribution in [0.15, 0.2) is 17.5 Å². The van der Waals surface area contributed by atoms with Gasteiger partial charge in [-0.1, -0.05) is 6.07 Å². The van der Waals surface area contributed by atoms with E-state index in [0.717, 1.165) is 12.1 Å². The fraction of sp³-hybridized carbons (Fsp3) is 0.308. The van der Waals surface area contributed by atoms with Crippen LogP contribution in [-0.2, 0) is 6.42 Å². The van der Waals surface area contributed by atoms with Gasteiger partial charge in [0.15, 0.2) is 5.78 Å². The molecule has 5 heteroatoms. The summed E-state index contributed by atoms with van der Waals surface area (Å²) in [5, 5.41) is 2.04. The van der Waals surface area contributed by atoms with Gasteiger partial charge >= 0.3 is 0 Å². The van der Waals surface area contributed by atoms with Crippen LogP contribution in [0.3, 0.4) is 0 Å². The molecule has 0 unspecified atom stereocenters. The highest BCUT2D eigenvalue weighted by Crippen LogP contribution is 2.34. The Balaban J connectivity index is 2.04. The summed E-state index contributed by atoms with van der Waals surface area (Å²) in [5.74, 6) is 0.622. The van der Waals surface area contributed by atoms with E-state index in [1.807, 2.05) is 18.4 Å². The Morgan fingerprint density at radius 3 is 2.94 bits per heavy atom. The minimum absolute atomic E-state index is 0.132. The van der Waals surface area contributed by atoms with Crippen molar-refractivity contribution in [1.82, 2.24) is 9.97 Å². The molecule has 1 aliphatic carbocycles. The van der Waals surface area contributed by atoms with E-state index in [9.17, 15) is 4.79 Å². The number of nitrogens with two attached hydrogens (primary N) is 1. The van der Waals surface area contributed by atoms with E-state index in [-0.39, 0.29) is 17.6 Å². The molecule has 0 amide bonds. The summed E-state index contributed by atoms with van der Waals surface area (Å²) in [6, 6.07) is 4.09. The predicted molar refractivity (Wildman–Crippen MR) is 70.9 cm³/mol. The van der Waals surface area contributed by atoms with Crippen LogP contribution in [0.1, 0.15) is 39.0 Å². The number of hydrogen-bond donors (Lipinski definition) is 1. The highest BCUT2D eigenvalue weighted by molar-refractivity contribution is 7.10. The van der Waals surface area contributed by atoms with E-state index in [4.69, 9.17) is 5.73 Å². The van der Waals surface area contributed by atoms with Crippen molar-refractivity contribution >= 4 is 23.1 Å². The van der Waals surface area contributed by atoms with Gasteiger partial charge in [-0.05, 0) is 24.8 Å². The molecule has 2 N–H and O–H groups in total. The van der Waals surface area contributed by atoms with Crippen molar-refractivity contribution in [3.8, 4) is 0 Å². The van der Waals surface area contributed by atoms with Crippen molar-refractivity contribution in [3.05, 3.63) is 39.3 Å². The average molecular weight is 259 g/mol. The number of aryl methyl sites for hydroxylation is 1. The second kappa shape index (κ2) is 4.17. The summed E-state index contributed by atoms with van der Waals surface area (Å²) >= 11 is 1.69. The first-order valence-corrected chi connectivity index (χ1v) is 6.72. The first kappa shape index (κ1) is 11.3. The lowest BCUT2D eigenvalue weighted by atomic mass is 9.84. The molecule has 18 heavy (non-hydrogen) atoms. The Morgan fingerprint density at radius 1 is 1.39 bits per heavy atom. The van der Waals surface area contributed by atoms with E-state index in [1.54, 1.807) is 11.3 Å². The number of rotatable bonds is 1. The standard InChI is InChI=1S/C13H13N3OS/c1-7-12-9(16-13(14)15-7)5-8(6-10(12)17)11-3-2-4-18-11/h2-4,8H,5-6H2,1H3,(H2,14,15,16)/t8-/m0/s1. The number of fused-ring (bicyclic) bond motifs is 1. The van der Waals surface area contributed by atoms with Crippen molar-refractivity contribution in [2.45, 2.75) is 25.7 Å². The van der Waals surface area contributed by atoms with E-state index >= 15 is 0 Å². The molecule has 0 aliphatic heterocycles. The number of nitrogen functional groups attached to an aromatic ring is 1. The number of carbonyl (C=O) groups excluding carboxylic acids is 1. The molecule has 1 atom stereocenters. The monoisotopic (exact) mass is 259 g/mol. The van der Waals surface area contributed by atoms with Gasteiger partial charge in [0, 0.05) is 17.2 Å². The summed E-state index contributed by atoms with van der Waals surface area (Å²) in [6.07, 6.45) is 1.32. The quantitative estimate of drug-likeness (QED) is 0.853. The van der Waals surface area contributed by atoms with Crippen LogP contribution >= 0.6 is 11.3 Å². The van der Waals surface area contributed by atoms with Gasteiger partial charge in [-0.15, -0.1) is 11.3 Å². The number of hydrogen-bond acceptors (Lipinski definition) is 5. The van der Waals surface area contributed by atoms with E-state index in [2.05, 4.69) is 16.0 Å². The minimum Gasteiger partial charge on any atom is -0.368 e. The predicted octanol–water partition coefficient (Wildman–Crippen LogP) is 2.34. The fourth-order valence-electron chi connectivity index (χ4n) is 2.52. The third-order valence-corrected chi connectivity index (χ3v) is 4.31. The second-order valence-electron chi connectivity index (χ2n) is 4.53. The average Bonchev–Trinajstić information content (AvgIpc) is 2.80. The fourth-order valence-corrected chi connectivity index (χ4v) is 3.35. The lowest BCUT2D eigenvalue weighted by Gasteiger charge is -2.22. The number of Topliss-reactive ketones (excluding diaryl/α,β-unsaturated/α-hetero) is 1. The van der Waals surface area contributed by atoms with E-state index in [0.29, 0.717) is 17.7 Å². The molecule has 0 radical (unpaired) electrons. The zero-order valence-corrected chi connectivity index (χ0v) is 10.8. The SMILES string of the molecule is Cc1nc(N)nc2c1C(=O)C[C@@H](c1cccs1)C2. The molecule has 2 aromatic heterocycles. The van der Waals surface area contributed by atoms with Gasteiger partial charge in [0.05, 0.1) is 17.0 Å². The molecular formula is C13H13N3OS. The van der Waals surface area contributed by atoms with Gasteiger partial charge in [-0.3, -0.25) is 4.79 Å². The van der Waals surface area contributed by atoms with Crippen LogP contribution in [0, 0.1) is 6.92 Å². The lowest BCUT2D eigenvalue weighted by molar-refractivity contribution is 0.0962. The highest BCUT2D eigenvalue weighted by Gasteiger charge is 2.29. The molecule has 4 nitrogen and oxygen atoms in total. The minimum atomic E-state index is 0.132. The molecule has 0 bridgehead atoms. The molecule has 92 valence electrons. The number of carbonyl (C=O) groups is 1. The van der Waals surface area contributed by atoms with E-state index in [1.165, 1.54) is 4.88 Å². The normalized spacial score (nSPS) is 18.7. The molecule has 0 saturated carbocycles. The smallest absolute Gasteiger partial charge is 0.220 e. The zero-order valence-electron chi connectivity index (χ0n) is 10.0. The van der Waals surface area contributed by atoms with Gasteiger partial charge < -0.3 is 5.73 Å². The number of aromatic nitrogens is 2. The number of nitrogens with zero attached hydrogens (tertiary/aromatic N) is 2. The maximum atomic E-state index is 12.2. The number of anilines is 1. The summed E-state index contributed by atoms with van der Waals surface area (Å²) in [5.41, 5.74) is 7.84. The maximum Gasteiger partial charge on any atom is 0.220 e. The first-order valence-electron chi connectivity index (χ1n) is 5.84. The Labute approximate surface area is 109 Å². The van der Waals surface area contributed by atoms with Gasteiger partial charge in [0.2, 0.25) is 5.95 Å². The van der Waals surface area contributed by atoms with Crippen LogP contribution in [0.25, 0.3) is 0 Å². The molecule has 2 heterocycles. The van der Waals surface area contributed by atoms with Crippen molar-refractivity contribution in [3.63, 3.8) is 0 Å². The van der Waals surface area contributed by atoms with Gasteiger partial charge in [0.25, 0.3) is 0 Å². The van der Waals surface area contributed by atoms with Crippen molar-refractivity contribution < 1.29 is 4.79 Å². The largest absolute Gasteiger partial charge is 0.368 e. The Hall–Kier alpha value is -1.75. The van der Waals surface area contributed by atoms with Gasteiger partial charge in [-0.2, -0.15) is 0 Å². The lowest BCUT2D eigenvalue weighted by Crippen LogP contribution is -2.22. The molecule has 3 rings (SSSR count). The summed E-state index contributed by atoms with van der Waals surface area (Å²) in [7, 11) is 0. The third kappa shape index (κ3) is 1.80. The Bertz CT molecular complexity index is 607. The molecule has 2 aromatic rings.